The summed E-state index contributed by atoms with van der Waals surface area (Å²) in [7, 11) is 0. The number of rotatable bonds is 4. The first-order valence-electron chi connectivity index (χ1n) is 7.27. The van der Waals surface area contributed by atoms with Gasteiger partial charge >= 0.3 is 0 Å². The van der Waals surface area contributed by atoms with Crippen LogP contribution in [0.15, 0.2) is 18.2 Å². The number of aryl methyl sites for hydroxylation is 2. The van der Waals surface area contributed by atoms with Crippen LogP contribution in [-0.2, 0) is 12.8 Å². The molecule has 2 aromatic rings. The van der Waals surface area contributed by atoms with Crippen LogP contribution in [0.5, 0.6) is 0 Å². The van der Waals surface area contributed by atoms with E-state index in [0.29, 0.717) is 4.88 Å². The SMILES string of the molecule is CCCc1nnsc1C(=O)Nc1ccc2c(c1)NCCC2. The number of aromatic nitrogens is 2. The van der Waals surface area contributed by atoms with Gasteiger partial charge in [-0.2, -0.15) is 0 Å². The van der Waals surface area contributed by atoms with Gasteiger partial charge in [0.15, 0.2) is 0 Å². The van der Waals surface area contributed by atoms with Gasteiger partial charge in [-0.25, -0.2) is 0 Å². The van der Waals surface area contributed by atoms with Gasteiger partial charge in [-0.15, -0.1) is 5.10 Å². The van der Waals surface area contributed by atoms with Crippen LogP contribution in [0.1, 0.15) is 40.7 Å². The van der Waals surface area contributed by atoms with E-state index in [-0.39, 0.29) is 5.91 Å². The van der Waals surface area contributed by atoms with E-state index in [9.17, 15) is 4.79 Å². The zero-order valence-corrected chi connectivity index (χ0v) is 12.8. The maximum Gasteiger partial charge on any atom is 0.269 e. The van der Waals surface area contributed by atoms with Gasteiger partial charge in [0.05, 0.1) is 5.69 Å². The fourth-order valence-electron chi connectivity index (χ4n) is 2.51. The van der Waals surface area contributed by atoms with Crippen molar-refractivity contribution in [3.05, 3.63) is 34.3 Å². The summed E-state index contributed by atoms with van der Waals surface area (Å²) in [6, 6.07) is 6.03. The predicted molar refractivity (Wildman–Crippen MR) is 85.1 cm³/mol. The quantitative estimate of drug-likeness (QED) is 0.910. The third-order valence-electron chi connectivity index (χ3n) is 3.55. The maximum atomic E-state index is 12.3. The van der Waals surface area contributed by atoms with Gasteiger partial charge in [0.2, 0.25) is 0 Å². The Bertz CT molecular complexity index is 653. The molecule has 1 aliphatic rings. The van der Waals surface area contributed by atoms with Crippen molar-refractivity contribution in [2.24, 2.45) is 0 Å². The smallest absolute Gasteiger partial charge is 0.269 e. The van der Waals surface area contributed by atoms with E-state index in [1.165, 1.54) is 5.56 Å². The molecule has 110 valence electrons. The Labute approximate surface area is 127 Å². The van der Waals surface area contributed by atoms with Gasteiger partial charge in [-0.05, 0) is 48.5 Å². The first kappa shape index (κ1) is 14.0. The molecule has 3 rings (SSSR count). The van der Waals surface area contributed by atoms with Crippen LogP contribution in [0.4, 0.5) is 11.4 Å². The molecular formula is C15H18N4OS. The molecule has 0 unspecified atom stereocenters. The Morgan fingerprint density at radius 1 is 1.48 bits per heavy atom. The van der Waals surface area contributed by atoms with Crippen molar-refractivity contribution in [1.82, 2.24) is 9.59 Å². The number of anilines is 2. The largest absolute Gasteiger partial charge is 0.385 e. The molecule has 1 amide bonds. The lowest BCUT2D eigenvalue weighted by Crippen LogP contribution is -2.15. The number of hydrogen-bond donors (Lipinski definition) is 2. The van der Waals surface area contributed by atoms with Crippen LogP contribution in [-0.4, -0.2) is 22.0 Å². The molecule has 0 spiro atoms. The topological polar surface area (TPSA) is 66.9 Å². The predicted octanol–water partition coefficient (Wildman–Crippen LogP) is 3.10. The number of nitrogens with one attached hydrogen (secondary N) is 2. The molecule has 1 aromatic heterocycles. The van der Waals surface area contributed by atoms with Crippen LogP contribution in [0.25, 0.3) is 0 Å². The van der Waals surface area contributed by atoms with E-state index in [0.717, 1.165) is 60.8 Å². The number of hydrogen-bond acceptors (Lipinski definition) is 5. The third-order valence-corrected chi connectivity index (χ3v) is 4.32. The summed E-state index contributed by atoms with van der Waals surface area (Å²) < 4.78 is 3.89. The lowest BCUT2D eigenvalue weighted by atomic mass is 10.0. The average Bonchev–Trinajstić information content (AvgIpc) is 2.96. The zero-order valence-electron chi connectivity index (χ0n) is 12.0. The first-order valence-corrected chi connectivity index (χ1v) is 8.04. The van der Waals surface area contributed by atoms with Crippen molar-refractivity contribution >= 4 is 28.8 Å². The Morgan fingerprint density at radius 3 is 3.24 bits per heavy atom. The average molecular weight is 302 g/mol. The molecule has 0 bridgehead atoms. The summed E-state index contributed by atoms with van der Waals surface area (Å²) in [5.74, 6) is -0.121. The molecule has 21 heavy (non-hydrogen) atoms. The number of benzene rings is 1. The number of amides is 1. The van der Waals surface area contributed by atoms with Crippen molar-refractivity contribution < 1.29 is 4.79 Å². The van der Waals surface area contributed by atoms with Crippen molar-refractivity contribution in [3.8, 4) is 0 Å². The van der Waals surface area contributed by atoms with Crippen LogP contribution in [0.3, 0.4) is 0 Å². The molecule has 1 aliphatic heterocycles. The van der Waals surface area contributed by atoms with Crippen LogP contribution >= 0.6 is 11.5 Å². The summed E-state index contributed by atoms with van der Waals surface area (Å²) in [4.78, 5) is 13.0. The summed E-state index contributed by atoms with van der Waals surface area (Å²) in [5.41, 5.74) is 4.03. The van der Waals surface area contributed by atoms with Crippen LogP contribution in [0.2, 0.25) is 0 Å². The van der Waals surface area contributed by atoms with Crippen molar-refractivity contribution in [3.63, 3.8) is 0 Å². The van der Waals surface area contributed by atoms with E-state index in [1.807, 2.05) is 12.1 Å². The fourth-order valence-corrected chi connectivity index (χ4v) is 3.11. The highest BCUT2D eigenvalue weighted by Crippen LogP contribution is 2.26. The molecule has 0 fully saturated rings. The van der Waals surface area contributed by atoms with Crippen LogP contribution in [0, 0.1) is 0 Å². The molecule has 0 aliphatic carbocycles. The number of fused-ring (bicyclic) bond motifs is 1. The first-order chi connectivity index (χ1) is 10.3. The fraction of sp³-hybridized carbons (Fsp3) is 0.400. The van der Waals surface area contributed by atoms with Crippen LogP contribution < -0.4 is 10.6 Å². The van der Waals surface area contributed by atoms with E-state index in [4.69, 9.17) is 0 Å². The van der Waals surface area contributed by atoms with E-state index >= 15 is 0 Å². The molecule has 2 heterocycles. The van der Waals surface area contributed by atoms with Gasteiger partial charge in [0, 0.05) is 17.9 Å². The molecule has 1 aromatic carbocycles. The molecular weight excluding hydrogens is 284 g/mol. The lowest BCUT2D eigenvalue weighted by molar-refractivity contribution is 0.102. The third kappa shape index (κ3) is 3.05. The monoisotopic (exact) mass is 302 g/mol. The van der Waals surface area contributed by atoms with Gasteiger partial charge in [0.25, 0.3) is 5.91 Å². The van der Waals surface area contributed by atoms with E-state index < -0.39 is 0 Å². The lowest BCUT2D eigenvalue weighted by Gasteiger charge is -2.18. The number of carbonyl (C=O) groups is 1. The molecule has 0 atom stereocenters. The Balaban J connectivity index is 1.76. The summed E-state index contributed by atoms with van der Waals surface area (Å²) >= 11 is 1.16. The van der Waals surface area contributed by atoms with Gasteiger partial charge in [-0.1, -0.05) is 23.9 Å². The minimum Gasteiger partial charge on any atom is -0.385 e. The Kier molecular flexibility index (Phi) is 4.15. The molecule has 0 saturated carbocycles. The Hall–Kier alpha value is -1.95. The zero-order chi connectivity index (χ0) is 14.7. The molecule has 6 heteroatoms. The minimum absolute atomic E-state index is 0.121. The highest BCUT2D eigenvalue weighted by atomic mass is 32.1. The van der Waals surface area contributed by atoms with Gasteiger partial charge in [0.1, 0.15) is 4.88 Å². The molecule has 0 saturated heterocycles. The van der Waals surface area contributed by atoms with E-state index in [2.05, 4.69) is 33.2 Å². The summed E-state index contributed by atoms with van der Waals surface area (Å²) in [6.07, 6.45) is 3.99. The van der Waals surface area contributed by atoms with Gasteiger partial charge < -0.3 is 10.6 Å². The standard InChI is InChI=1S/C15H18N4OS/c1-2-4-12-14(21-19-18-12)15(20)17-11-7-6-10-5-3-8-16-13(10)9-11/h6-7,9,16H,2-5,8H2,1H3,(H,17,20). The minimum atomic E-state index is -0.121. The van der Waals surface area contributed by atoms with Crippen molar-refractivity contribution in [2.75, 3.05) is 17.2 Å². The summed E-state index contributed by atoms with van der Waals surface area (Å²) in [6.45, 7) is 3.06. The maximum absolute atomic E-state index is 12.3. The van der Waals surface area contributed by atoms with Gasteiger partial charge in [-0.3, -0.25) is 4.79 Å². The molecule has 2 N–H and O–H groups in total. The second-order valence-electron chi connectivity index (χ2n) is 5.16. The normalized spacial score (nSPS) is 13.4. The molecule has 0 radical (unpaired) electrons. The van der Waals surface area contributed by atoms with Crippen molar-refractivity contribution in [2.45, 2.75) is 32.6 Å². The second-order valence-corrected chi connectivity index (χ2v) is 5.91. The second kappa shape index (κ2) is 6.22. The highest BCUT2D eigenvalue weighted by Gasteiger charge is 2.16. The summed E-state index contributed by atoms with van der Waals surface area (Å²) in [5, 5.41) is 10.3. The number of nitrogens with zero attached hydrogens (tertiary/aromatic N) is 2. The van der Waals surface area contributed by atoms with E-state index in [1.54, 1.807) is 0 Å². The highest BCUT2D eigenvalue weighted by molar-refractivity contribution is 7.08. The van der Waals surface area contributed by atoms with Crippen molar-refractivity contribution in [1.29, 1.82) is 0 Å². The number of carbonyl (C=O) groups excluding carboxylic acids is 1. The Morgan fingerprint density at radius 2 is 2.38 bits per heavy atom. The molecule has 5 nitrogen and oxygen atoms in total.